The first-order valence-electron chi connectivity index (χ1n) is 9.83. The molecule has 5 rings (SSSR count). The summed E-state index contributed by atoms with van der Waals surface area (Å²) < 4.78 is 5.76. The van der Waals surface area contributed by atoms with E-state index in [4.69, 9.17) is 16.3 Å². The summed E-state index contributed by atoms with van der Waals surface area (Å²) in [4.78, 5) is 33.6. The van der Waals surface area contributed by atoms with Crippen molar-refractivity contribution >= 4 is 34.9 Å². The molecule has 1 saturated carbocycles. The van der Waals surface area contributed by atoms with Crippen LogP contribution in [0.2, 0.25) is 5.02 Å². The largest absolute Gasteiger partial charge is 0.491 e. The monoisotopic (exact) mass is 412 g/mol. The van der Waals surface area contributed by atoms with Gasteiger partial charge in [0.15, 0.2) is 0 Å². The van der Waals surface area contributed by atoms with Crippen molar-refractivity contribution in [1.82, 2.24) is 9.88 Å². The second-order valence-electron chi connectivity index (χ2n) is 7.72. The van der Waals surface area contributed by atoms with Gasteiger partial charge in [-0.1, -0.05) is 11.6 Å². The van der Waals surface area contributed by atoms with Crippen LogP contribution >= 0.6 is 11.6 Å². The van der Waals surface area contributed by atoms with Crippen molar-refractivity contribution in [2.45, 2.75) is 19.4 Å². The summed E-state index contributed by atoms with van der Waals surface area (Å²) in [6.07, 6.45) is 3.87. The summed E-state index contributed by atoms with van der Waals surface area (Å²) in [5.41, 5.74) is 2.03. The van der Waals surface area contributed by atoms with E-state index in [-0.39, 0.29) is 18.4 Å². The Hall–Kier alpha value is -2.80. The number of amides is 2. The summed E-state index contributed by atoms with van der Waals surface area (Å²) in [5.74, 6) is 1.83. The van der Waals surface area contributed by atoms with Crippen LogP contribution in [-0.2, 0) is 11.3 Å². The Balaban J connectivity index is 1.42. The SMILES string of the molecule is O=C(c1cnc2c(c1)N(CC1CC1)C(=O)CN2)N1CCOc2ccc(Cl)cc2C1. The number of nitrogens with zero attached hydrogens (tertiary/aromatic N) is 3. The molecule has 1 aromatic heterocycles. The number of nitrogens with one attached hydrogen (secondary N) is 1. The Bertz CT molecular complexity index is 992. The van der Waals surface area contributed by atoms with Crippen molar-refractivity contribution in [3.8, 4) is 5.75 Å². The minimum Gasteiger partial charge on any atom is -0.491 e. The molecule has 1 N–H and O–H groups in total. The topological polar surface area (TPSA) is 74.8 Å². The van der Waals surface area contributed by atoms with E-state index in [1.165, 1.54) is 0 Å². The van der Waals surface area contributed by atoms with Crippen molar-refractivity contribution in [2.75, 3.05) is 36.5 Å². The molecule has 29 heavy (non-hydrogen) atoms. The Morgan fingerprint density at radius 3 is 3.00 bits per heavy atom. The zero-order chi connectivity index (χ0) is 20.0. The number of pyridine rings is 1. The Morgan fingerprint density at radius 1 is 1.31 bits per heavy atom. The molecule has 0 spiro atoms. The first kappa shape index (κ1) is 18.2. The molecule has 7 nitrogen and oxygen atoms in total. The highest BCUT2D eigenvalue weighted by atomic mass is 35.5. The van der Waals surface area contributed by atoms with Gasteiger partial charge in [0, 0.05) is 29.9 Å². The number of hydrogen-bond acceptors (Lipinski definition) is 5. The Morgan fingerprint density at radius 2 is 2.17 bits per heavy atom. The lowest BCUT2D eigenvalue weighted by atomic mass is 10.1. The molecule has 2 amide bonds. The van der Waals surface area contributed by atoms with Crippen LogP contribution in [0.4, 0.5) is 11.5 Å². The van der Waals surface area contributed by atoms with E-state index in [0.29, 0.717) is 54.3 Å². The molecule has 0 radical (unpaired) electrons. The van der Waals surface area contributed by atoms with Gasteiger partial charge in [0.1, 0.15) is 18.2 Å². The van der Waals surface area contributed by atoms with Crippen LogP contribution < -0.4 is 15.0 Å². The van der Waals surface area contributed by atoms with Crippen molar-refractivity contribution in [2.24, 2.45) is 5.92 Å². The Kier molecular flexibility index (Phi) is 4.54. The van der Waals surface area contributed by atoms with E-state index in [1.54, 1.807) is 28.1 Å². The molecule has 3 aliphatic rings. The first-order valence-corrected chi connectivity index (χ1v) is 10.2. The molecule has 3 heterocycles. The van der Waals surface area contributed by atoms with E-state index in [0.717, 1.165) is 24.2 Å². The highest BCUT2D eigenvalue weighted by molar-refractivity contribution is 6.30. The van der Waals surface area contributed by atoms with E-state index in [1.807, 2.05) is 12.1 Å². The van der Waals surface area contributed by atoms with Gasteiger partial charge >= 0.3 is 0 Å². The lowest BCUT2D eigenvalue weighted by Gasteiger charge is -2.30. The fourth-order valence-corrected chi connectivity index (χ4v) is 3.97. The quantitative estimate of drug-likeness (QED) is 0.838. The third-order valence-electron chi connectivity index (χ3n) is 5.54. The van der Waals surface area contributed by atoms with Gasteiger partial charge in [-0.2, -0.15) is 0 Å². The number of halogens is 1. The molecule has 2 aromatic rings. The lowest BCUT2D eigenvalue weighted by molar-refractivity contribution is -0.117. The number of hydrogen-bond donors (Lipinski definition) is 1. The standard InChI is InChI=1S/C21H21ClN4O3/c22-16-3-4-18-15(7-16)12-25(5-6-29-18)21(28)14-8-17-20(23-9-14)24-10-19(27)26(17)11-13-1-2-13/h3-4,7-9,13H,1-2,5-6,10-12H2,(H,23,24). The third kappa shape index (κ3) is 3.62. The van der Waals surface area contributed by atoms with E-state index >= 15 is 0 Å². The molecular formula is C21H21ClN4O3. The van der Waals surface area contributed by atoms with E-state index in [2.05, 4.69) is 10.3 Å². The normalized spacial score (nSPS) is 18.3. The predicted octanol–water partition coefficient (Wildman–Crippen LogP) is 2.94. The molecule has 1 aromatic carbocycles. The number of ether oxygens (including phenoxy) is 1. The zero-order valence-corrected chi connectivity index (χ0v) is 16.6. The van der Waals surface area contributed by atoms with Gasteiger partial charge in [0.05, 0.1) is 24.3 Å². The van der Waals surface area contributed by atoms with Crippen molar-refractivity contribution < 1.29 is 14.3 Å². The molecule has 0 bridgehead atoms. The number of aromatic nitrogens is 1. The zero-order valence-electron chi connectivity index (χ0n) is 15.9. The number of carbonyl (C=O) groups excluding carboxylic acids is 2. The van der Waals surface area contributed by atoms with Gasteiger partial charge in [0.2, 0.25) is 5.91 Å². The minimum atomic E-state index is -0.138. The summed E-state index contributed by atoms with van der Waals surface area (Å²) in [6.45, 7) is 2.21. The fourth-order valence-electron chi connectivity index (χ4n) is 3.78. The maximum Gasteiger partial charge on any atom is 0.255 e. The van der Waals surface area contributed by atoms with Gasteiger partial charge in [-0.25, -0.2) is 4.98 Å². The molecule has 0 saturated heterocycles. The number of anilines is 2. The van der Waals surface area contributed by atoms with Crippen molar-refractivity contribution in [1.29, 1.82) is 0 Å². The highest BCUT2D eigenvalue weighted by Crippen LogP contribution is 2.35. The van der Waals surface area contributed by atoms with Gasteiger partial charge < -0.3 is 19.9 Å². The first-order chi connectivity index (χ1) is 14.1. The van der Waals surface area contributed by atoms with Crippen LogP contribution in [0.5, 0.6) is 5.75 Å². The average Bonchev–Trinajstić information content (AvgIpc) is 3.55. The smallest absolute Gasteiger partial charge is 0.255 e. The second kappa shape index (κ2) is 7.22. The third-order valence-corrected chi connectivity index (χ3v) is 5.78. The Labute approximate surface area is 173 Å². The van der Waals surface area contributed by atoms with Gasteiger partial charge in [0.25, 0.3) is 5.91 Å². The fraction of sp³-hybridized carbons (Fsp3) is 0.381. The predicted molar refractivity (Wildman–Crippen MR) is 109 cm³/mol. The molecule has 1 aliphatic carbocycles. The van der Waals surface area contributed by atoms with Gasteiger partial charge in [-0.05, 0) is 43.0 Å². The minimum absolute atomic E-state index is 0.0162. The summed E-state index contributed by atoms with van der Waals surface area (Å²) in [6, 6.07) is 7.22. The molecular weight excluding hydrogens is 392 g/mol. The summed E-state index contributed by atoms with van der Waals surface area (Å²) >= 11 is 6.12. The molecule has 150 valence electrons. The maximum absolute atomic E-state index is 13.2. The average molecular weight is 413 g/mol. The van der Waals surface area contributed by atoms with Crippen LogP contribution in [0, 0.1) is 5.92 Å². The number of benzene rings is 1. The van der Waals surface area contributed by atoms with Crippen LogP contribution in [-0.4, -0.2) is 47.9 Å². The van der Waals surface area contributed by atoms with Gasteiger partial charge in [-0.3, -0.25) is 9.59 Å². The van der Waals surface area contributed by atoms with Crippen molar-refractivity contribution in [3.05, 3.63) is 46.6 Å². The van der Waals surface area contributed by atoms with Crippen LogP contribution in [0.15, 0.2) is 30.5 Å². The lowest BCUT2D eigenvalue weighted by Crippen LogP contribution is -2.41. The van der Waals surface area contributed by atoms with Crippen LogP contribution in [0.1, 0.15) is 28.8 Å². The number of rotatable bonds is 3. The van der Waals surface area contributed by atoms with Crippen LogP contribution in [0.25, 0.3) is 0 Å². The molecule has 2 aliphatic heterocycles. The molecule has 1 fully saturated rings. The summed E-state index contributed by atoms with van der Waals surface area (Å²) in [5, 5.41) is 3.66. The molecule has 8 heteroatoms. The van der Waals surface area contributed by atoms with Crippen LogP contribution in [0.3, 0.4) is 0 Å². The molecule has 0 atom stereocenters. The van der Waals surface area contributed by atoms with Crippen molar-refractivity contribution in [3.63, 3.8) is 0 Å². The number of carbonyl (C=O) groups is 2. The second-order valence-corrected chi connectivity index (χ2v) is 8.16. The molecule has 0 unspecified atom stereocenters. The number of fused-ring (bicyclic) bond motifs is 2. The maximum atomic E-state index is 13.2. The highest BCUT2D eigenvalue weighted by Gasteiger charge is 2.32. The van der Waals surface area contributed by atoms with E-state index in [9.17, 15) is 9.59 Å². The van der Waals surface area contributed by atoms with Gasteiger partial charge in [-0.15, -0.1) is 0 Å². The summed E-state index contributed by atoms with van der Waals surface area (Å²) in [7, 11) is 0. The van der Waals surface area contributed by atoms with E-state index < -0.39 is 0 Å².